The fourth-order valence-corrected chi connectivity index (χ4v) is 5.88. The average Bonchev–Trinajstić information content (AvgIpc) is 2.90. The molecule has 1 aliphatic carbocycles. The second-order valence-electron chi connectivity index (χ2n) is 11.4. The number of alkyl halides is 6. The van der Waals surface area contributed by atoms with Crippen LogP contribution in [0.15, 0.2) is 42.5 Å². The van der Waals surface area contributed by atoms with Crippen LogP contribution in [0.5, 0.6) is 0 Å². The Balaban J connectivity index is 1.25. The van der Waals surface area contributed by atoms with Crippen LogP contribution in [-0.2, 0) is 17.1 Å². The van der Waals surface area contributed by atoms with Gasteiger partial charge in [0.05, 0.1) is 11.1 Å². The molecule has 11 heteroatoms. The van der Waals surface area contributed by atoms with E-state index in [2.05, 4.69) is 5.32 Å². The van der Waals surface area contributed by atoms with Gasteiger partial charge in [0.2, 0.25) is 5.91 Å². The van der Waals surface area contributed by atoms with E-state index in [1.54, 1.807) is 11.0 Å². The maximum atomic E-state index is 13.4. The van der Waals surface area contributed by atoms with Crippen molar-refractivity contribution < 1.29 is 31.1 Å². The lowest BCUT2D eigenvalue weighted by molar-refractivity contribution is -0.142. The monoisotopic (exact) mass is 570 g/mol. The molecule has 40 heavy (non-hydrogen) atoms. The number of carbonyl (C=O) groups excluding carboxylic acids is 1. The zero-order valence-electron chi connectivity index (χ0n) is 22.7. The zero-order chi connectivity index (χ0) is 29.3. The third-order valence-corrected chi connectivity index (χ3v) is 8.40. The van der Waals surface area contributed by atoms with E-state index in [9.17, 15) is 31.1 Å². The molecule has 1 aliphatic heterocycles. The molecule has 0 unspecified atom stereocenters. The first-order chi connectivity index (χ1) is 18.7. The SMILES string of the molecule is CN(CC1CCC(Nc2ccc(N)c(C(F)(F)F)c2)CC1)C(=O)C1(C)CCN(c2ccc(C(F)(F)F)cc2)CC1. The van der Waals surface area contributed by atoms with E-state index in [4.69, 9.17) is 5.73 Å². The number of nitrogens with two attached hydrogens (primary N) is 1. The van der Waals surface area contributed by atoms with Gasteiger partial charge in [-0.15, -0.1) is 0 Å². The second kappa shape index (κ2) is 11.4. The van der Waals surface area contributed by atoms with Gasteiger partial charge in [-0.2, -0.15) is 26.3 Å². The standard InChI is InChI=1S/C29H36F6N4O/c1-27(13-15-39(16-14-27)23-10-5-20(6-11-23)28(30,31)32)26(40)38(2)18-19-3-7-21(8-4-19)37-22-9-12-25(36)24(17-22)29(33,34)35/h5-6,9-12,17,19,21,37H,3-4,7-8,13-16,18,36H2,1-2H3. The van der Waals surface area contributed by atoms with Crippen molar-refractivity contribution in [2.45, 2.75) is 63.8 Å². The number of hydrogen-bond acceptors (Lipinski definition) is 4. The topological polar surface area (TPSA) is 61.6 Å². The molecule has 3 N–H and O–H groups in total. The molecule has 2 fully saturated rings. The van der Waals surface area contributed by atoms with Crippen molar-refractivity contribution >= 4 is 23.0 Å². The number of nitrogens with zero attached hydrogens (tertiary/aromatic N) is 2. The first kappa shape index (κ1) is 29.9. The molecule has 1 saturated carbocycles. The number of carbonyl (C=O) groups is 1. The van der Waals surface area contributed by atoms with E-state index >= 15 is 0 Å². The minimum atomic E-state index is -4.51. The van der Waals surface area contributed by atoms with E-state index in [1.807, 2.05) is 18.9 Å². The van der Waals surface area contributed by atoms with Crippen LogP contribution in [-0.4, -0.2) is 43.5 Å². The van der Waals surface area contributed by atoms with Crippen molar-refractivity contribution in [3.05, 3.63) is 53.6 Å². The predicted octanol–water partition coefficient (Wildman–Crippen LogP) is 7.04. The maximum Gasteiger partial charge on any atom is 0.418 e. The van der Waals surface area contributed by atoms with Gasteiger partial charge in [-0.25, -0.2) is 0 Å². The molecule has 4 rings (SSSR count). The third-order valence-electron chi connectivity index (χ3n) is 8.40. The number of halogens is 6. The molecule has 1 heterocycles. The van der Waals surface area contributed by atoms with E-state index < -0.39 is 28.9 Å². The smallest absolute Gasteiger partial charge is 0.398 e. The number of benzene rings is 2. The Bertz CT molecular complexity index is 1160. The lowest BCUT2D eigenvalue weighted by Gasteiger charge is -2.42. The number of anilines is 3. The number of piperidine rings is 1. The van der Waals surface area contributed by atoms with Crippen LogP contribution in [0.4, 0.5) is 43.4 Å². The van der Waals surface area contributed by atoms with Gasteiger partial charge in [-0.1, -0.05) is 6.92 Å². The highest BCUT2D eigenvalue weighted by atomic mass is 19.4. The van der Waals surface area contributed by atoms with Crippen LogP contribution in [0, 0.1) is 11.3 Å². The van der Waals surface area contributed by atoms with Gasteiger partial charge in [0.1, 0.15) is 0 Å². The molecule has 0 radical (unpaired) electrons. The van der Waals surface area contributed by atoms with Gasteiger partial charge in [0.15, 0.2) is 0 Å². The molecule has 2 aliphatic rings. The Kier molecular flexibility index (Phi) is 8.52. The lowest BCUT2D eigenvalue weighted by Crippen LogP contribution is -2.49. The summed E-state index contributed by atoms with van der Waals surface area (Å²) >= 11 is 0. The van der Waals surface area contributed by atoms with Crippen LogP contribution in [0.1, 0.15) is 56.6 Å². The van der Waals surface area contributed by atoms with E-state index in [1.165, 1.54) is 18.2 Å². The minimum absolute atomic E-state index is 0.0500. The molecule has 0 aromatic heterocycles. The summed E-state index contributed by atoms with van der Waals surface area (Å²) in [5, 5.41) is 3.21. The molecular formula is C29H36F6N4O. The molecule has 0 spiro atoms. The van der Waals surface area contributed by atoms with Gasteiger partial charge in [0, 0.05) is 55.2 Å². The Morgan fingerprint density at radius 2 is 1.57 bits per heavy atom. The molecule has 220 valence electrons. The highest BCUT2D eigenvalue weighted by molar-refractivity contribution is 5.82. The molecule has 1 amide bonds. The van der Waals surface area contributed by atoms with Gasteiger partial charge in [-0.05, 0) is 86.9 Å². The molecule has 0 bridgehead atoms. The molecule has 5 nitrogen and oxygen atoms in total. The van der Waals surface area contributed by atoms with Crippen LogP contribution < -0.4 is 16.0 Å². The fourth-order valence-electron chi connectivity index (χ4n) is 5.88. The second-order valence-corrected chi connectivity index (χ2v) is 11.4. The highest BCUT2D eigenvalue weighted by Crippen LogP contribution is 2.38. The molecule has 2 aromatic carbocycles. The number of nitrogen functional groups attached to an aromatic ring is 1. The normalized spacial score (nSPS) is 21.6. The summed E-state index contributed by atoms with van der Waals surface area (Å²) in [5.74, 6) is 0.376. The van der Waals surface area contributed by atoms with E-state index in [-0.39, 0.29) is 17.6 Å². The summed E-state index contributed by atoms with van der Waals surface area (Å²) in [6.07, 6.45) is -4.38. The first-order valence-corrected chi connectivity index (χ1v) is 13.6. The third kappa shape index (κ3) is 6.96. The summed E-state index contributed by atoms with van der Waals surface area (Å²) in [7, 11) is 1.81. The van der Waals surface area contributed by atoms with Gasteiger partial charge in [-0.3, -0.25) is 4.79 Å². The van der Waals surface area contributed by atoms with Gasteiger partial charge < -0.3 is 20.9 Å². The molecule has 1 saturated heterocycles. The van der Waals surface area contributed by atoms with Gasteiger partial charge >= 0.3 is 12.4 Å². The summed E-state index contributed by atoms with van der Waals surface area (Å²) < 4.78 is 78.1. The first-order valence-electron chi connectivity index (χ1n) is 13.6. The van der Waals surface area contributed by atoms with Crippen molar-refractivity contribution in [1.29, 1.82) is 0 Å². The molecule has 0 atom stereocenters. The Morgan fingerprint density at radius 3 is 2.12 bits per heavy atom. The van der Waals surface area contributed by atoms with Crippen molar-refractivity contribution in [2.75, 3.05) is 42.6 Å². The van der Waals surface area contributed by atoms with Crippen molar-refractivity contribution in [2.24, 2.45) is 11.3 Å². The van der Waals surface area contributed by atoms with E-state index in [0.29, 0.717) is 44.1 Å². The number of amides is 1. The predicted molar refractivity (Wildman–Crippen MR) is 144 cm³/mol. The lowest BCUT2D eigenvalue weighted by atomic mass is 9.78. The number of nitrogens with one attached hydrogen (secondary N) is 1. The molecule has 2 aromatic rings. The van der Waals surface area contributed by atoms with Crippen LogP contribution >= 0.6 is 0 Å². The Morgan fingerprint density at radius 1 is 0.975 bits per heavy atom. The van der Waals surface area contributed by atoms with Crippen LogP contribution in [0.3, 0.4) is 0 Å². The summed E-state index contributed by atoms with van der Waals surface area (Å²) in [4.78, 5) is 17.2. The van der Waals surface area contributed by atoms with Crippen molar-refractivity contribution in [3.63, 3.8) is 0 Å². The Hall–Kier alpha value is -3.11. The zero-order valence-corrected chi connectivity index (χ0v) is 22.7. The highest BCUT2D eigenvalue weighted by Gasteiger charge is 2.40. The largest absolute Gasteiger partial charge is 0.418 e. The summed E-state index contributed by atoms with van der Waals surface area (Å²) in [6.45, 7) is 3.74. The quantitative estimate of drug-likeness (QED) is 0.289. The van der Waals surface area contributed by atoms with E-state index in [0.717, 1.165) is 49.6 Å². The summed E-state index contributed by atoms with van der Waals surface area (Å²) in [6, 6.07) is 9.06. The van der Waals surface area contributed by atoms with Crippen molar-refractivity contribution in [1.82, 2.24) is 4.90 Å². The van der Waals surface area contributed by atoms with Crippen molar-refractivity contribution in [3.8, 4) is 0 Å². The summed E-state index contributed by atoms with van der Waals surface area (Å²) in [5.41, 5.74) is 4.25. The number of hydrogen-bond donors (Lipinski definition) is 2. The molecular weight excluding hydrogens is 534 g/mol. The van der Waals surface area contributed by atoms with Crippen LogP contribution in [0.25, 0.3) is 0 Å². The average molecular weight is 571 g/mol. The maximum absolute atomic E-state index is 13.4. The van der Waals surface area contributed by atoms with Crippen LogP contribution in [0.2, 0.25) is 0 Å². The van der Waals surface area contributed by atoms with Gasteiger partial charge in [0.25, 0.3) is 0 Å². The fraction of sp³-hybridized carbons (Fsp3) is 0.552. The number of rotatable bonds is 6. The Labute approximate surface area is 230 Å². The minimum Gasteiger partial charge on any atom is -0.398 e.